The van der Waals surface area contributed by atoms with Crippen LogP contribution in [0.1, 0.15) is 31.2 Å². The predicted octanol–water partition coefficient (Wildman–Crippen LogP) is 2.43. The van der Waals surface area contributed by atoms with Crippen molar-refractivity contribution in [3.05, 3.63) is 35.9 Å². The molecule has 0 heterocycles. The van der Waals surface area contributed by atoms with Crippen LogP contribution in [-0.4, -0.2) is 28.3 Å². The second kappa shape index (κ2) is 6.79. The first-order chi connectivity index (χ1) is 9.62. The largest absolute Gasteiger partial charge is 0.480 e. The molecule has 0 spiro atoms. The first kappa shape index (κ1) is 14.9. The summed E-state index contributed by atoms with van der Waals surface area (Å²) in [5, 5.41) is 12.0. The zero-order valence-electron chi connectivity index (χ0n) is 11.3. The van der Waals surface area contributed by atoms with E-state index in [2.05, 4.69) is 5.32 Å². The molecule has 0 atom stereocenters. The molecule has 0 bridgehead atoms. The predicted molar refractivity (Wildman–Crippen MR) is 79.6 cm³/mol. The molecule has 1 saturated carbocycles. The molecule has 1 fully saturated rings. The lowest BCUT2D eigenvalue weighted by atomic mass is 9.98. The number of thioether (sulfide) groups is 1. The maximum atomic E-state index is 11.9. The van der Waals surface area contributed by atoms with E-state index in [1.807, 2.05) is 30.3 Å². The first-order valence-corrected chi connectivity index (χ1v) is 7.94. The summed E-state index contributed by atoms with van der Waals surface area (Å²) in [5.74, 6) is -0.0372. The summed E-state index contributed by atoms with van der Waals surface area (Å²) in [6.07, 6.45) is 2.81. The molecule has 1 aromatic rings. The molecule has 5 heteroatoms. The monoisotopic (exact) mass is 293 g/mol. The van der Waals surface area contributed by atoms with Crippen LogP contribution in [0.4, 0.5) is 0 Å². The van der Waals surface area contributed by atoms with E-state index >= 15 is 0 Å². The zero-order chi connectivity index (χ0) is 14.4. The summed E-state index contributed by atoms with van der Waals surface area (Å²) in [5.41, 5.74) is 0.142. The molecule has 0 unspecified atom stereocenters. The number of nitrogens with one attached hydrogen (secondary N) is 1. The molecule has 2 N–H and O–H groups in total. The van der Waals surface area contributed by atoms with Crippen molar-refractivity contribution >= 4 is 23.6 Å². The Morgan fingerprint density at radius 3 is 2.45 bits per heavy atom. The van der Waals surface area contributed by atoms with Gasteiger partial charge in [0.25, 0.3) is 0 Å². The number of hydrogen-bond donors (Lipinski definition) is 2. The fraction of sp³-hybridized carbons (Fsp3) is 0.467. The van der Waals surface area contributed by atoms with Gasteiger partial charge in [0.2, 0.25) is 5.91 Å². The van der Waals surface area contributed by atoms with E-state index in [4.69, 9.17) is 0 Å². The minimum atomic E-state index is -1.02. The lowest BCUT2D eigenvalue weighted by Crippen LogP contribution is -2.53. The quantitative estimate of drug-likeness (QED) is 0.845. The van der Waals surface area contributed by atoms with Crippen molar-refractivity contribution in [1.82, 2.24) is 5.32 Å². The molecule has 20 heavy (non-hydrogen) atoms. The average Bonchev–Trinajstić information content (AvgIpc) is 2.90. The topological polar surface area (TPSA) is 66.4 Å². The van der Waals surface area contributed by atoms with Crippen LogP contribution in [-0.2, 0) is 15.3 Å². The summed E-state index contributed by atoms with van der Waals surface area (Å²) in [6.45, 7) is 0. The second-order valence-electron chi connectivity index (χ2n) is 5.12. The minimum absolute atomic E-state index is 0.185. The van der Waals surface area contributed by atoms with Crippen LogP contribution in [0.3, 0.4) is 0 Å². The molecular formula is C15H19NO3S. The van der Waals surface area contributed by atoms with Gasteiger partial charge >= 0.3 is 5.97 Å². The Labute approximate surface area is 123 Å². The van der Waals surface area contributed by atoms with Crippen molar-refractivity contribution in [2.75, 3.05) is 5.75 Å². The molecular weight excluding hydrogens is 274 g/mol. The molecule has 4 nitrogen and oxygen atoms in total. The summed E-state index contributed by atoms with van der Waals surface area (Å²) in [4.78, 5) is 23.2. The van der Waals surface area contributed by atoms with Gasteiger partial charge in [-0.2, -0.15) is 0 Å². The standard InChI is InChI=1S/C15H19NO3S/c17-13(11-20-10-12-6-2-1-3-7-12)16-15(14(18)19)8-4-5-9-15/h1-3,6-7H,4-5,8-11H2,(H,16,17)(H,18,19). The molecule has 1 aliphatic rings. The third kappa shape index (κ3) is 3.76. The van der Waals surface area contributed by atoms with Crippen molar-refractivity contribution in [2.45, 2.75) is 37.0 Å². The molecule has 0 saturated heterocycles. The molecule has 108 valence electrons. The fourth-order valence-electron chi connectivity index (χ4n) is 2.51. The van der Waals surface area contributed by atoms with E-state index in [9.17, 15) is 14.7 Å². The van der Waals surface area contributed by atoms with Gasteiger partial charge in [0.15, 0.2) is 0 Å². The number of carbonyl (C=O) groups excluding carboxylic acids is 1. The van der Waals surface area contributed by atoms with Crippen LogP contribution in [0.5, 0.6) is 0 Å². The Balaban J connectivity index is 1.79. The van der Waals surface area contributed by atoms with Crippen molar-refractivity contribution in [3.8, 4) is 0 Å². The van der Waals surface area contributed by atoms with Gasteiger partial charge in [0.05, 0.1) is 5.75 Å². The van der Waals surface area contributed by atoms with Crippen LogP contribution in [0.25, 0.3) is 0 Å². The van der Waals surface area contributed by atoms with Crippen molar-refractivity contribution in [3.63, 3.8) is 0 Å². The number of rotatable bonds is 6. The summed E-state index contributed by atoms with van der Waals surface area (Å²) >= 11 is 1.50. The molecule has 0 radical (unpaired) electrons. The number of hydrogen-bond acceptors (Lipinski definition) is 3. The van der Waals surface area contributed by atoms with Gasteiger partial charge in [-0.25, -0.2) is 4.79 Å². The second-order valence-corrected chi connectivity index (χ2v) is 6.11. The fourth-order valence-corrected chi connectivity index (χ4v) is 3.30. The Bertz CT molecular complexity index is 469. The van der Waals surface area contributed by atoms with Gasteiger partial charge in [-0.3, -0.25) is 4.79 Å². The maximum Gasteiger partial charge on any atom is 0.329 e. The van der Waals surface area contributed by atoms with E-state index in [1.165, 1.54) is 17.3 Å². The lowest BCUT2D eigenvalue weighted by Gasteiger charge is -2.25. The lowest BCUT2D eigenvalue weighted by molar-refractivity contribution is -0.147. The molecule has 1 aliphatic carbocycles. The Morgan fingerprint density at radius 1 is 1.20 bits per heavy atom. The Kier molecular flexibility index (Phi) is 5.06. The Hall–Kier alpha value is -1.49. The van der Waals surface area contributed by atoms with Crippen molar-refractivity contribution in [2.24, 2.45) is 0 Å². The number of carboxylic acids is 1. The summed E-state index contributed by atoms with van der Waals surface area (Å²) in [7, 11) is 0. The SMILES string of the molecule is O=C(CSCc1ccccc1)NC1(C(=O)O)CCCC1. The van der Waals surface area contributed by atoms with E-state index in [-0.39, 0.29) is 5.91 Å². The van der Waals surface area contributed by atoms with Gasteiger partial charge in [-0.15, -0.1) is 11.8 Å². The van der Waals surface area contributed by atoms with Gasteiger partial charge in [0, 0.05) is 5.75 Å². The first-order valence-electron chi connectivity index (χ1n) is 6.78. The maximum absolute atomic E-state index is 11.9. The van der Waals surface area contributed by atoms with Crippen molar-refractivity contribution in [1.29, 1.82) is 0 Å². The summed E-state index contributed by atoms with van der Waals surface area (Å²) < 4.78 is 0. The highest BCUT2D eigenvalue weighted by atomic mass is 32.2. The Morgan fingerprint density at radius 2 is 1.85 bits per heavy atom. The molecule has 0 aliphatic heterocycles. The van der Waals surface area contributed by atoms with E-state index in [1.54, 1.807) is 0 Å². The molecule has 2 rings (SSSR count). The molecule has 0 aromatic heterocycles. The minimum Gasteiger partial charge on any atom is -0.480 e. The van der Waals surface area contributed by atoms with Gasteiger partial charge in [-0.1, -0.05) is 43.2 Å². The van der Waals surface area contributed by atoms with E-state index in [0.29, 0.717) is 18.6 Å². The highest BCUT2D eigenvalue weighted by Crippen LogP contribution is 2.30. The third-order valence-electron chi connectivity index (χ3n) is 3.59. The number of benzene rings is 1. The average molecular weight is 293 g/mol. The summed E-state index contributed by atoms with van der Waals surface area (Å²) in [6, 6.07) is 9.92. The van der Waals surface area contributed by atoms with Gasteiger partial charge in [-0.05, 0) is 18.4 Å². The van der Waals surface area contributed by atoms with Crippen LogP contribution >= 0.6 is 11.8 Å². The van der Waals surface area contributed by atoms with Crippen LogP contribution in [0.15, 0.2) is 30.3 Å². The van der Waals surface area contributed by atoms with Crippen LogP contribution < -0.4 is 5.32 Å². The number of carboxylic acid groups (broad SMARTS) is 1. The molecule has 1 amide bonds. The number of carbonyl (C=O) groups is 2. The van der Waals surface area contributed by atoms with E-state index in [0.717, 1.165) is 18.6 Å². The number of amides is 1. The third-order valence-corrected chi connectivity index (χ3v) is 4.59. The molecule has 1 aromatic carbocycles. The number of aliphatic carboxylic acids is 1. The van der Waals surface area contributed by atoms with Gasteiger partial charge < -0.3 is 10.4 Å². The smallest absolute Gasteiger partial charge is 0.329 e. The van der Waals surface area contributed by atoms with Crippen LogP contribution in [0, 0.1) is 0 Å². The highest BCUT2D eigenvalue weighted by Gasteiger charge is 2.42. The van der Waals surface area contributed by atoms with Gasteiger partial charge in [0.1, 0.15) is 5.54 Å². The van der Waals surface area contributed by atoms with Crippen molar-refractivity contribution < 1.29 is 14.7 Å². The highest BCUT2D eigenvalue weighted by molar-refractivity contribution is 7.99. The van der Waals surface area contributed by atoms with E-state index < -0.39 is 11.5 Å². The zero-order valence-corrected chi connectivity index (χ0v) is 12.1. The normalized spacial score (nSPS) is 16.8. The van der Waals surface area contributed by atoms with Crippen LogP contribution in [0.2, 0.25) is 0 Å².